The monoisotopic (exact) mass is 539 g/mol. The second kappa shape index (κ2) is 10.2. The molecule has 3 aromatic rings. The molecule has 0 aliphatic carbocycles. The highest BCUT2D eigenvalue weighted by Gasteiger charge is 2.37. The molecule has 1 fully saturated rings. The molecule has 0 spiro atoms. The first-order valence-electron chi connectivity index (χ1n) is 11.0. The smallest absolute Gasteiger partial charge is 0.417 e. The van der Waals surface area contributed by atoms with Crippen LogP contribution in [0.15, 0.2) is 65.6 Å². The van der Waals surface area contributed by atoms with Crippen LogP contribution in [-0.2, 0) is 25.7 Å². The number of piperidine rings is 1. The lowest BCUT2D eigenvalue weighted by Gasteiger charge is -2.30. The number of alkyl halides is 3. The zero-order valence-corrected chi connectivity index (χ0v) is 20.4. The van der Waals surface area contributed by atoms with Crippen LogP contribution in [-0.4, -0.2) is 44.2 Å². The standard InChI is InChI=1S/C25H21ClF3NO5S/c26-22-8-7-20(14-21(22)25(27,28)29)36(33,34)30-11-9-17(10-12-30)24(32)35-15-23(31)19-6-5-16-3-1-2-4-18(16)13-19/h1-8,13-14,17H,9-12,15H2. The van der Waals surface area contributed by atoms with Crippen molar-refractivity contribution in [2.75, 3.05) is 19.7 Å². The Morgan fingerprint density at radius 2 is 1.64 bits per heavy atom. The second-order valence-corrected chi connectivity index (χ2v) is 10.8. The van der Waals surface area contributed by atoms with Crippen LogP contribution < -0.4 is 0 Å². The molecule has 36 heavy (non-hydrogen) atoms. The summed E-state index contributed by atoms with van der Waals surface area (Å²) >= 11 is 5.58. The van der Waals surface area contributed by atoms with Crippen molar-refractivity contribution < 1.29 is 35.9 Å². The topological polar surface area (TPSA) is 80.8 Å². The van der Waals surface area contributed by atoms with E-state index in [4.69, 9.17) is 16.3 Å². The number of fused-ring (bicyclic) bond motifs is 1. The molecule has 3 aromatic carbocycles. The molecule has 6 nitrogen and oxygen atoms in total. The SMILES string of the molecule is O=C(COC(=O)C1CCN(S(=O)(=O)c2ccc(Cl)c(C(F)(F)F)c2)CC1)c1ccc2ccccc2c1. The quantitative estimate of drug-likeness (QED) is 0.312. The van der Waals surface area contributed by atoms with E-state index in [1.807, 2.05) is 24.3 Å². The van der Waals surface area contributed by atoms with E-state index in [-0.39, 0.29) is 31.7 Å². The van der Waals surface area contributed by atoms with E-state index in [0.717, 1.165) is 27.2 Å². The lowest BCUT2D eigenvalue weighted by Crippen LogP contribution is -2.40. The van der Waals surface area contributed by atoms with Crippen molar-refractivity contribution in [2.24, 2.45) is 5.92 Å². The molecule has 1 heterocycles. The van der Waals surface area contributed by atoms with Crippen LogP contribution in [0.2, 0.25) is 5.02 Å². The minimum atomic E-state index is -4.80. The molecule has 0 aromatic heterocycles. The Balaban J connectivity index is 1.35. The minimum Gasteiger partial charge on any atom is -0.457 e. The number of nitrogens with zero attached hydrogens (tertiary/aromatic N) is 1. The number of halogens is 4. The van der Waals surface area contributed by atoms with E-state index in [2.05, 4.69) is 0 Å². The Hall–Kier alpha value is -2.95. The van der Waals surface area contributed by atoms with Gasteiger partial charge in [-0.2, -0.15) is 17.5 Å². The summed E-state index contributed by atoms with van der Waals surface area (Å²) in [7, 11) is -4.22. The van der Waals surface area contributed by atoms with Gasteiger partial charge in [0.15, 0.2) is 12.4 Å². The Morgan fingerprint density at radius 3 is 2.31 bits per heavy atom. The maximum absolute atomic E-state index is 13.1. The number of rotatable bonds is 6. The summed E-state index contributed by atoms with van der Waals surface area (Å²) < 4.78 is 71.4. The molecule has 1 aliphatic rings. The average molecular weight is 540 g/mol. The van der Waals surface area contributed by atoms with E-state index < -0.39 is 50.2 Å². The van der Waals surface area contributed by atoms with Crippen LogP contribution in [0.3, 0.4) is 0 Å². The Bertz CT molecular complexity index is 1420. The molecule has 11 heteroatoms. The van der Waals surface area contributed by atoms with E-state index in [1.54, 1.807) is 18.2 Å². The van der Waals surface area contributed by atoms with Gasteiger partial charge in [-0.1, -0.05) is 48.0 Å². The summed E-state index contributed by atoms with van der Waals surface area (Å²) in [6.45, 7) is -0.601. The summed E-state index contributed by atoms with van der Waals surface area (Å²) in [4.78, 5) is 24.4. The predicted molar refractivity (Wildman–Crippen MR) is 127 cm³/mol. The molecule has 0 saturated carbocycles. The van der Waals surface area contributed by atoms with Gasteiger partial charge in [0, 0.05) is 18.7 Å². The normalized spacial score (nSPS) is 15.7. The minimum absolute atomic E-state index is 0.0787. The lowest BCUT2D eigenvalue weighted by molar-refractivity contribution is -0.148. The Kier molecular flexibility index (Phi) is 7.40. The third-order valence-corrected chi connectivity index (χ3v) is 8.31. The zero-order valence-electron chi connectivity index (χ0n) is 18.8. The molecule has 4 rings (SSSR count). The first kappa shape index (κ1) is 26.1. The third-order valence-electron chi connectivity index (χ3n) is 6.09. The highest BCUT2D eigenvalue weighted by molar-refractivity contribution is 7.89. The number of benzene rings is 3. The number of carbonyl (C=O) groups excluding carboxylic acids is 2. The van der Waals surface area contributed by atoms with Crippen molar-refractivity contribution in [3.8, 4) is 0 Å². The highest BCUT2D eigenvalue weighted by atomic mass is 35.5. The Labute approximate surface area is 210 Å². The van der Waals surface area contributed by atoms with Gasteiger partial charge >= 0.3 is 12.1 Å². The predicted octanol–water partition coefficient (Wildman–Crippen LogP) is 5.34. The fourth-order valence-electron chi connectivity index (χ4n) is 4.06. The summed E-state index contributed by atoms with van der Waals surface area (Å²) in [6, 6.07) is 15.1. The van der Waals surface area contributed by atoms with E-state index in [1.165, 1.54) is 0 Å². The number of ether oxygens (including phenoxy) is 1. The van der Waals surface area contributed by atoms with Gasteiger partial charge in [0.1, 0.15) is 0 Å². The van der Waals surface area contributed by atoms with Gasteiger partial charge in [-0.05, 0) is 47.9 Å². The van der Waals surface area contributed by atoms with Crippen molar-refractivity contribution >= 4 is 44.1 Å². The van der Waals surface area contributed by atoms with Gasteiger partial charge in [0.25, 0.3) is 0 Å². The molecule has 0 atom stereocenters. The van der Waals surface area contributed by atoms with E-state index in [9.17, 15) is 31.2 Å². The molecule has 0 N–H and O–H groups in total. The summed E-state index contributed by atoms with van der Waals surface area (Å²) in [5, 5.41) is 1.26. The maximum Gasteiger partial charge on any atom is 0.417 e. The third kappa shape index (κ3) is 5.55. The van der Waals surface area contributed by atoms with Gasteiger partial charge in [-0.15, -0.1) is 0 Å². The molecule has 0 amide bonds. The van der Waals surface area contributed by atoms with Crippen molar-refractivity contribution in [2.45, 2.75) is 23.9 Å². The van der Waals surface area contributed by atoms with Gasteiger partial charge in [-0.3, -0.25) is 9.59 Å². The fourth-order valence-corrected chi connectivity index (χ4v) is 5.78. The van der Waals surface area contributed by atoms with Crippen molar-refractivity contribution in [3.63, 3.8) is 0 Å². The average Bonchev–Trinajstić information content (AvgIpc) is 2.86. The lowest BCUT2D eigenvalue weighted by atomic mass is 9.98. The number of esters is 1. The largest absolute Gasteiger partial charge is 0.457 e. The van der Waals surface area contributed by atoms with E-state index in [0.29, 0.717) is 11.6 Å². The molecule has 190 valence electrons. The van der Waals surface area contributed by atoms with Crippen molar-refractivity contribution in [1.29, 1.82) is 0 Å². The molecule has 1 aliphatic heterocycles. The number of hydrogen-bond acceptors (Lipinski definition) is 5. The van der Waals surface area contributed by atoms with Crippen LogP contribution >= 0.6 is 11.6 Å². The van der Waals surface area contributed by atoms with Crippen molar-refractivity contribution in [3.05, 3.63) is 76.8 Å². The highest BCUT2D eigenvalue weighted by Crippen LogP contribution is 2.37. The number of sulfonamides is 1. The molecule has 0 radical (unpaired) electrons. The van der Waals surface area contributed by atoms with E-state index >= 15 is 0 Å². The van der Waals surface area contributed by atoms with Gasteiger partial charge < -0.3 is 4.74 Å². The summed E-state index contributed by atoms with van der Waals surface area (Å²) in [5.74, 6) is -1.61. The Morgan fingerprint density at radius 1 is 0.972 bits per heavy atom. The first-order chi connectivity index (χ1) is 17.0. The molecular formula is C25H21ClF3NO5S. The molecule has 1 saturated heterocycles. The molecular weight excluding hydrogens is 519 g/mol. The van der Waals surface area contributed by atoms with Crippen molar-refractivity contribution in [1.82, 2.24) is 4.31 Å². The van der Waals surface area contributed by atoms with Gasteiger partial charge in [0.05, 0.1) is 21.4 Å². The zero-order chi connectivity index (χ0) is 26.1. The van der Waals surface area contributed by atoms with Gasteiger partial charge in [0.2, 0.25) is 10.0 Å². The van der Waals surface area contributed by atoms with Crippen LogP contribution in [0, 0.1) is 5.92 Å². The number of hydrogen-bond donors (Lipinski definition) is 0. The number of Topliss-reactive ketones (excluding diaryl/α,β-unsaturated/α-hetero) is 1. The summed E-state index contributed by atoms with van der Waals surface area (Å²) in [5.41, 5.74) is -0.830. The van der Waals surface area contributed by atoms with Crippen LogP contribution in [0.25, 0.3) is 10.8 Å². The summed E-state index contributed by atoms with van der Waals surface area (Å²) in [6.07, 6.45) is -4.58. The second-order valence-electron chi connectivity index (χ2n) is 8.41. The molecule has 0 unspecified atom stereocenters. The number of carbonyl (C=O) groups is 2. The fraction of sp³-hybridized carbons (Fsp3) is 0.280. The van der Waals surface area contributed by atoms with Crippen LogP contribution in [0.4, 0.5) is 13.2 Å². The number of ketones is 1. The van der Waals surface area contributed by atoms with Crippen LogP contribution in [0.1, 0.15) is 28.8 Å². The van der Waals surface area contributed by atoms with Gasteiger partial charge in [-0.25, -0.2) is 8.42 Å². The maximum atomic E-state index is 13.1. The first-order valence-corrected chi connectivity index (χ1v) is 12.8. The molecule has 0 bridgehead atoms. The van der Waals surface area contributed by atoms with Crippen LogP contribution in [0.5, 0.6) is 0 Å².